The van der Waals surface area contributed by atoms with Gasteiger partial charge in [-0.3, -0.25) is 0 Å². The third-order valence-corrected chi connectivity index (χ3v) is 3.11. The van der Waals surface area contributed by atoms with Gasteiger partial charge in [-0.2, -0.15) is 0 Å². The average Bonchev–Trinajstić information content (AvgIpc) is 2.32. The van der Waals surface area contributed by atoms with Crippen LogP contribution in [0.25, 0.3) is 22.1 Å². The molecule has 0 fully saturated rings. The van der Waals surface area contributed by atoms with Crippen LogP contribution in [-0.4, -0.2) is 9.97 Å². The van der Waals surface area contributed by atoms with Crippen molar-refractivity contribution in [1.29, 1.82) is 0 Å². The molecule has 0 aliphatic carbocycles. The Bertz CT molecular complexity index is 692. The smallest absolute Gasteiger partial charge is 0.0938 e. The molecular formula is C13H9ClN2. The number of fused-ring (bicyclic) bond motifs is 2. The first-order chi connectivity index (χ1) is 7.75. The van der Waals surface area contributed by atoms with E-state index in [0.717, 1.165) is 32.7 Å². The van der Waals surface area contributed by atoms with E-state index in [4.69, 9.17) is 11.6 Å². The quantitative estimate of drug-likeness (QED) is 0.548. The second-order valence-corrected chi connectivity index (χ2v) is 4.16. The lowest BCUT2D eigenvalue weighted by Crippen LogP contribution is -1.90. The molecule has 0 saturated heterocycles. The highest BCUT2D eigenvalue weighted by Crippen LogP contribution is 2.24. The van der Waals surface area contributed by atoms with Crippen molar-refractivity contribution in [3.8, 4) is 0 Å². The molecule has 78 valence electrons. The molecule has 0 spiro atoms. The predicted octanol–water partition coefficient (Wildman–Crippen LogP) is 3.74. The first-order valence-corrected chi connectivity index (χ1v) is 5.45. The van der Waals surface area contributed by atoms with E-state index < -0.39 is 0 Å². The molecule has 2 nitrogen and oxygen atoms in total. The van der Waals surface area contributed by atoms with E-state index in [0.29, 0.717) is 0 Å². The number of hydrogen-bond acceptors (Lipinski definition) is 2. The normalized spacial score (nSPS) is 11.1. The zero-order chi connectivity index (χ0) is 11.1. The SMILES string of the molecule is Cc1c(Cl)ccc2nc3ccccc3nc12. The molecule has 0 aliphatic heterocycles. The minimum absolute atomic E-state index is 0.733. The molecule has 3 rings (SSSR count). The molecule has 0 unspecified atom stereocenters. The molecule has 0 saturated carbocycles. The molecular weight excluding hydrogens is 220 g/mol. The van der Waals surface area contributed by atoms with Crippen LogP contribution in [0.2, 0.25) is 5.02 Å². The van der Waals surface area contributed by atoms with Gasteiger partial charge < -0.3 is 0 Å². The first-order valence-electron chi connectivity index (χ1n) is 5.07. The third kappa shape index (κ3) is 1.34. The lowest BCUT2D eigenvalue weighted by molar-refractivity contribution is 1.36. The van der Waals surface area contributed by atoms with Gasteiger partial charge in [0.25, 0.3) is 0 Å². The van der Waals surface area contributed by atoms with Crippen LogP contribution >= 0.6 is 11.6 Å². The van der Waals surface area contributed by atoms with Crippen LogP contribution in [0, 0.1) is 6.92 Å². The molecule has 1 heterocycles. The fourth-order valence-electron chi connectivity index (χ4n) is 1.80. The predicted molar refractivity (Wildman–Crippen MR) is 66.8 cm³/mol. The van der Waals surface area contributed by atoms with Crippen LogP contribution in [0.15, 0.2) is 36.4 Å². The van der Waals surface area contributed by atoms with Crippen molar-refractivity contribution in [2.75, 3.05) is 0 Å². The van der Waals surface area contributed by atoms with Crippen molar-refractivity contribution in [2.24, 2.45) is 0 Å². The van der Waals surface area contributed by atoms with Gasteiger partial charge in [0, 0.05) is 5.02 Å². The molecule has 1 aromatic heterocycles. The number of halogens is 1. The van der Waals surface area contributed by atoms with E-state index in [9.17, 15) is 0 Å². The number of aromatic nitrogens is 2. The number of benzene rings is 2. The summed E-state index contributed by atoms with van der Waals surface area (Å²) in [5.74, 6) is 0. The summed E-state index contributed by atoms with van der Waals surface area (Å²) in [6.45, 7) is 1.97. The van der Waals surface area contributed by atoms with Gasteiger partial charge in [-0.15, -0.1) is 0 Å². The number of para-hydroxylation sites is 2. The summed E-state index contributed by atoms with van der Waals surface area (Å²) >= 11 is 6.07. The summed E-state index contributed by atoms with van der Waals surface area (Å²) in [5.41, 5.74) is 4.57. The Morgan fingerprint density at radius 3 is 2.31 bits per heavy atom. The topological polar surface area (TPSA) is 25.8 Å². The Balaban J connectivity index is 2.51. The molecule has 3 heteroatoms. The van der Waals surface area contributed by atoms with Crippen LogP contribution in [-0.2, 0) is 0 Å². The van der Waals surface area contributed by atoms with Crippen LogP contribution in [0.5, 0.6) is 0 Å². The summed E-state index contributed by atoms with van der Waals surface area (Å²) in [6, 6.07) is 11.6. The Labute approximate surface area is 97.9 Å². The molecule has 0 N–H and O–H groups in total. The van der Waals surface area contributed by atoms with Crippen LogP contribution in [0.3, 0.4) is 0 Å². The first kappa shape index (κ1) is 9.55. The molecule has 0 radical (unpaired) electrons. The summed E-state index contributed by atoms with van der Waals surface area (Å²) in [5, 5.41) is 0.733. The highest BCUT2D eigenvalue weighted by molar-refractivity contribution is 6.32. The Morgan fingerprint density at radius 1 is 0.875 bits per heavy atom. The third-order valence-electron chi connectivity index (χ3n) is 2.70. The Kier molecular flexibility index (Phi) is 2.04. The molecule has 3 aromatic rings. The van der Waals surface area contributed by atoms with Gasteiger partial charge in [-0.05, 0) is 36.8 Å². The second kappa shape index (κ2) is 3.42. The van der Waals surface area contributed by atoms with Crippen molar-refractivity contribution in [3.05, 3.63) is 47.0 Å². The standard InChI is InChI=1S/C13H9ClN2/c1-8-9(14)6-7-12-13(8)16-11-5-3-2-4-10(11)15-12/h2-7H,1H3. The fourth-order valence-corrected chi connectivity index (χ4v) is 1.95. The summed E-state index contributed by atoms with van der Waals surface area (Å²) in [6.07, 6.45) is 0. The number of nitrogens with zero attached hydrogens (tertiary/aromatic N) is 2. The van der Waals surface area contributed by atoms with Crippen molar-refractivity contribution in [1.82, 2.24) is 9.97 Å². The van der Waals surface area contributed by atoms with Gasteiger partial charge in [0.1, 0.15) is 0 Å². The van der Waals surface area contributed by atoms with Crippen molar-refractivity contribution >= 4 is 33.7 Å². The maximum atomic E-state index is 6.07. The lowest BCUT2D eigenvalue weighted by Gasteiger charge is -2.04. The van der Waals surface area contributed by atoms with Gasteiger partial charge in [0.05, 0.1) is 22.1 Å². The van der Waals surface area contributed by atoms with Crippen molar-refractivity contribution < 1.29 is 0 Å². The molecule has 0 bridgehead atoms. The van der Waals surface area contributed by atoms with E-state index in [-0.39, 0.29) is 0 Å². The minimum Gasteiger partial charge on any atom is -0.244 e. The van der Waals surface area contributed by atoms with Crippen molar-refractivity contribution in [2.45, 2.75) is 6.92 Å². The van der Waals surface area contributed by atoms with Gasteiger partial charge in [-0.1, -0.05) is 23.7 Å². The average molecular weight is 229 g/mol. The fraction of sp³-hybridized carbons (Fsp3) is 0.0769. The van der Waals surface area contributed by atoms with Crippen LogP contribution < -0.4 is 0 Å². The monoisotopic (exact) mass is 228 g/mol. The maximum absolute atomic E-state index is 6.07. The minimum atomic E-state index is 0.733. The number of hydrogen-bond donors (Lipinski definition) is 0. The number of rotatable bonds is 0. The van der Waals surface area contributed by atoms with Crippen LogP contribution in [0.1, 0.15) is 5.56 Å². The van der Waals surface area contributed by atoms with Gasteiger partial charge in [0.2, 0.25) is 0 Å². The molecule has 2 aromatic carbocycles. The second-order valence-electron chi connectivity index (χ2n) is 3.75. The lowest BCUT2D eigenvalue weighted by atomic mass is 10.2. The van der Waals surface area contributed by atoms with Gasteiger partial charge in [0.15, 0.2) is 0 Å². The Morgan fingerprint density at radius 2 is 1.56 bits per heavy atom. The zero-order valence-corrected chi connectivity index (χ0v) is 9.49. The van der Waals surface area contributed by atoms with Crippen LogP contribution in [0.4, 0.5) is 0 Å². The van der Waals surface area contributed by atoms with Gasteiger partial charge in [-0.25, -0.2) is 9.97 Å². The molecule has 0 aliphatic rings. The van der Waals surface area contributed by atoms with Crippen molar-refractivity contribution in [3.63, 3.8) is 0 Å². The summed E-state index contributed by atoms with van der Waals surface area (Å²) in [4.78, 5) is 9.15. The molecule has 0 amide bonds. The van der Waals surface area contributed by atoms with E-state index in [1.807, 2.05) is 43.3 Å². The number of aryl methyl sites for hydroxylation is 1. The van der Waals surface area contributed by atoms with Gasteiger partial charge >= 0.3 is 0 Å². The van der Waals surface area contributed by atoms with E-state index >= 15 is 0 Å². The van der Waals surface area contributed by atoms with E-state index in [1.54, 1.807) is 0 Å². The maximum Gasteiger partial charge on any atom is 0.0938 e. The Hall–Kier alpha value is -1.67. The zero-order valence-electron chi connectivity index (χ0n) is 8.74. The van der Waals surface area contributed by atoms with E-state index in [1.165, 1.54) is 0 Å². The largest absolute Gasteiger partial charge is 0.244 e. The highest BCUT2D eigenvalue weighted by Gasteiger charge is 2.05. The highest BCUT2D eigenvalue weighted by atomic mass is 35.5. The molecule has 0 atom stereocenters. The summed E-state index contributed by atoms with van der Waals surface area (Å²) in [7, 11) is 0. The molecule has 16 heavy (non-hydrogen) atoms. The summed E-state index contributed by atoms with van der Waals surface area (Å²) < 4.78 is 0. The van der Waals surface area contributed by atoms with E-state index in [2.05, 4.69) is 9.97 Å².